The van der Waals surface area contributed by atoms with E-state index in [9.17, 15) is 4.79 Å². The summed E-state index contributed by atoms with van der Waals surface area (Å²) in [4.78, 5) is 15.9. The van der Waals surface area contributed by atoms with Gasteiger partial charge in [-0.3, -0.25) is 14.5 Å². The van der Waals surface area contributed by atoms with Gasteiger partial charge >= 0.3 is 0 Å². The lowest BCUT2D eigenvalue weighted by molar-refractivity contribution is -0.124. The molecule has 20 heavy (non-hydrogen) atoms. The highest BCUT2D eigenvalue weighted by Gasteiger charge is 2.12. The summed E-state index contributed by atoms with van der Waals surface area (Å²) in [6, 6.07) is 5.86. The van der Waals surface area contributed by atoms with Gasteiger partial charge in [-0.25, -0.2) is 0 Å². The predicted molar refractivity (Wildman–Crippen MR) is 77.0 cm³/mol. The highest BCUT2D eigenvalue weighted by atomic mass is 16.1. The summed E-state index contributed by atoms with van der Waals surface area (Å²) in [5, 5.41) is 7.07. The van der Waals surface area contributed by atoms with E-state index in [2.05, 4.69) is 15.4 Å². The minimum absolute atomic E-state index is 0.0733. The molecule has 5 heteroatoms. The lowest BCUT2D eigenvalue weighted by atomic mass is 10.1. The molecule has 0 spiro atoms. The minimum Gasteiger partial charge on any atom is -0.356 e. The second-order valence-corrected chi connectivity index (χ2v) is 4.88. The zero-order valence-corrected chi connectivity index (χ0v) is 11.7. The lowest BCUT2D eigenvalue weighted by Crippen LogP contribution is -2.32. The average Bonchev–Trinajstić information content (AvgIpc) is 2.97. The standard InChI is InChI=1S/C15H20N4O/c1-13(12-19-11-3-8-18-19)15(20)17-7-2-4-14-5-9-16-10-6-14/h3,5-6,8-11,13H,2,4,7,12H2,1H3,(H,17,20)/t13-/m0/s1. The van der Waals surface area contributed by atoms with Gasteiger partial charge in [0, 0.05) is 31.3 Å². The SMILES string of the molecule is C[C@@H](Cn1cccn1)C(=O)NCCCc1ccncc1. The van der Waals surface area contributed by atoms with E-state index >= 15 is 0 Å². The normalized spacial score (nSPS) is 12.1. The van der Waals surface area contributed by atoms with Crippen LogP contribution in [-0.2, 0) is 17.8 Å². The van der Waals surface area contributed by atoms with Gasteiger partial charge in [-0.15, -0.1) is 0 Å². The Morgan fingerprint density at radius 2 is 2.15 bits per heavy atom. The highest BCUT2D eigenvalue weighted by molar-refractivity contribution is 5.78. The summed E-state index contributed by atoms with van der Waals surface area (Å²) in [7, 11) is 0. The molecule has 0 fully saturated rings. The third-order valence-electron chi connectivity index (χ3n) is 3.16. The van der Waals surface area contributed by atoms with Crippen molar-refractivity contribution in [2.45, 2.75) is 26.3 Å². The summed E-state index contributed by atoms with van der Waals surface area (Å²) in [5.41, 5.74) is 1.25. The number of rotatable bonds is 7. The van der Waals surface area contributed by atoms with Crippen LogP contribution in [0.4, 0.5) is 0 Å². The second-order valence-electron chi connectivity index (χ2n) is 4.88. The minimum atomic E-state index is -0.0733. The summed E-state index contributed by atoms with van der Waals surface area (Å²) in [6.45, 7) is 3.23. The molecule has 1 atom stereocenters. The molecule has 0 saturated carbocycles. The van der Waals surface area contributed by atoms with Crippen LogP contribution in [-0.4, -0.2) is 27.2 Å². The Morgan fingerprint density at radius 3 is 2.85 bits per heavy atom. The fraction of sp³-hybridized carbons (Fsp3) is 0.400. The fourth-order valence-electron chi connectivity index (χ4n) is 2.00. The average molecular weight is 272 g/mol. The molecule has 0 radical (unpaired) electrons. The van der Waals surface area contributed by atoms with Gasteiger partial charge < -0.3 is 5.32 Å². The van der Waals surface area contributed by atoms with Crippen molar-refractivity contribution in [2.24, 2.45) is 5.92 Å². The summed E-state index contributed by atoms with van der Waals surface area (Å²) in [6.07, 6.45) is 9.06. The molecular formula is C15H20N4O. The van der Waals surface area contributed by atoms with Gasteiger partial charge in [-0.2, -0.15) is 5.10 Å². The fourth-order valence-corrected chi connectivity index (χ4v) is 2.00. The molecule has 2 heterocycles. The smallest absolute Gasteiger partial charge is 0.224 e. The van der Waals surface area contributed by atoms with Crippen LogP contribution < -0.4 is 5.32 Å². The molecular weight excluding hydrogens is 252 g/mol. The topological polar surface area (TPSA) is 59.8 Å². The molecule has 5 nitrogen and oxygen atoms in total. The second kappa shape index (κ2) is 7.43. The van der Waals surface area contributed by atoms with Gasteiger partial charge in [0.2, 0.25) is 5.91 Å². The van der Waals surface area contributed by atoms with Gasteiger partial charge in [0.05, 0.1) is 12.5 Å². The van der Waals surface area contributed by atoms with Gasteiger partial charge in [-0.1, -0.05) is 6.92 Å². The van der Waals surface area contributed by atoms with Gasteiger partial charge in [0.1, 0.15) is 0 Å². The predicted octanol–water partition coefficient (Wildman–Crippen LogP) is 1.66. The van der Waals surface area contributed by atoms with Crippen molar-refractivity contribution < 1.29 is 4.79 Å². The molecule has 2 aromatic rings. The van der Waals surface area contributed by atoms with Crippen LogP contribution in [0.5, 0.6) is 0 Å². The van der Waals surface area contributed by atoms with Crippen LogP contribution >= 0.6 is 0 Å². The van der Waals surface area contributed by atoms with E-state index in [-0.39, 0.29) is 11.8 Å². The Labute approximate surface area is 119 Å². The van der Waals surface area contributed by atoms with E-state index < -0.39 is 0 Å². The van der Waals surface area contributed by atoms with Crippen LogP contribution in [0.15, 0.2) is 43.0 Å². The quantitative estimate of drug-likeness (QED) is 0.780. The first-order valence-electron chi connectivity index (χ1n) is 6.90. The number of nitrogens with one attached hydrogen (secondary N) is 1. The van der Waals surface area contributed by atoms with E-state index in [1.807, 2.05) is 31.3 Å². The maximum absolute atomic E-state index is 11.9. The van der Waals surface area contributed by atoms with E-state index in [1.54, 1.807) is 23.3 Å². The number of carbonyl (C=O) groups excluding carboxylic acids is 1. The van der Waals surface area contributed by atoms with Crippen LogP contribution in [0, 0.1) is 5.92 Å². The molecule has 0 aromatic carbocycles. The number of aryl methyl sites for hydroxylation is 1. The summed E-state index contributed by atoms with van der Waals surface area (Å²) in [5.74, 6) is 0.00561. The Morgan fingerprint density at radius 1 is 1.35 bits per heavy atom. The van der Waals surface area contributed by atoms with Crippen LogP contribution in [0.2, 0.25) is 0 Å². The number of aromatic nitrogens is 3. The number of amides is 1. The molecule has 0 bridgehead atoms. The monoisotopic (exact) mass is 272 g/mol. The van der Waals surface area contributed by atoms with Crippen molar-refractivity contribution in [3.8, 4) is 0 Å². The largest absolute Gasteiger partial charge is 0.356 e. The van der Waals surface area contributed by atoms with Gasteiger partial charge in [0.15, 0.2) is 0 Å². The van der Waals surface area contributed by atoms with Crippen molar-refractivity contribution in [2.75, 3.05) is 6.54 Å². The van der Waals surface area contributed by atoms with Crippen LogP contribution in [0.1, 0.15) is 18.9 Å². The number of hydrogen-bond acceptors (Lipinski definition) is 3. The maximum atomic E-state index is 11.9. The Balaban J connectivity index is 1.65. The molecule has 0 aliphatic carbocycles. The molecule has 2 aromatic heterocycles. The zero-order chi connectivity index (χ0) is 14.2. The van der Waals surface area contributed by atoms with E-state index in [4.69, 9.17) is 0 Å². The van der Waals surface area contributed by atoms with E-state index in [1.165, 1.54) is 5.56 Å². The molecule has 106 valence electrons. The highest BCUT2D eigenvalue weighted by Crippen LogP contribution is 2.02. The Kier molecular flexibility index (Phi) is 5.29. The molecule has 0 unspecified atom stereocenters. The zero-order valence-electron chi connectivity index (χ0n) is 11.7. The number of pyridine rings is 1. The van der Waals surface area contributed by atoms with Crippen molar-refractivity contribution in [1.29, 1.82) is 0 Å². The molecule has 0 aliphatic rings. The third kappa shape index (κ3) is 4.50. The van der Waals surface area contributed by atoms with Gasteiger partial charge in [-0.05, 0) is 36.6 Å². The van der Waals surface area contributed by atoms with Crippen LogP contribution in [0.3, 0.4) is 0 Å². The van der Waals surface area contributed by atoms with Gasteiger partial charge in [0.25, 0.3) is 0 Å². The van der Waals surface area contributed by atoms with Crippen molar-refractivity contribution in [1.82, 2.24) is 20.1 Å². The van der Waals surface area contributed by atoms with Crippen molar-refractivity contribution in [3.63, 3.8) is 0 Å². The molecule has 0 saturated heterocycles. The first kappa shape index (κ1) is 14.2. The van der Waals surface area contributed by atoms with Crippen LogP contribution in [0.25, 0.3) is 0 Å². The number of carbonyl (C=O) groups is 1. The lowest BCUT2D eigenvalue weighted by Gasteiger charge is -2.12. The third-order valence-corrected chi connectivity index (χ3v) is 3.16. The molecule has 2 rings (SSSR count). The van der Waals surface area contributed by atoms with E-state index in [0.29, 0.717) is 13.1 Å². The first-order valence-corrected chi connectivity index (χ1v) is 6.90. The maximum Gasteiger partial charge on any atom is 0.224 e. The summed E-state index contributed by atoms with van der Waals surface area (Å²) >= 11 is 0. The Bertz CT molecular complexity index is 510. The first-order chi connectivity index (χ1) is 9.75. The number of hydrogen-bond donors (Lipinski definition) is 1. The summed E-state index contributed by atoms with van der Waals surface area (Å²) < 4.78 is 1.78. The van der Waals surface area contributed by atoms with Crippen molar-refractivity contribution >= 4 is 5.91 Å². The van der Waals surface area contributed by atoms with Crippen molar-refractivity contribution in [3.05, 3.63) is 48.5 Å². The number of nitrogens with zero attached hydrogens (tertiary/aromatic N) is 3. The van der Waals surface area contributed by atoms with E-state index in [0.717, 1.165) is 12.8 Å². The molecule has 1 N–H and O–H groups in total. The Hall–Kier alpha value is -2.17. The molecule has 0 aliphatic heterocycles. The molecule has 1 amide bonds.